The van der Waals surface area contributed by atoms with Crippen molar-refractivity contribution in [3.8, 4) is 11.5 Å². The molecule has 5 rings (SSSR count). The summed E-state index contributed by atoms with van der Waals surface area (Å²) in [7, 11) is -1.34. The van der Waals surface area contributed by atoms with Gasteiger partial charge in [0.2, 0.25) is 11.8 Å². The number of halogens is 1. The van der Waals surface area contributed by atoms with Crippen LogP contribution in [0.25, 0.3) is 0 Å². The minimum absolute atomic E-state index is 0.00947. The molecule has 9 nitrogen and oxygen atoms in total. The van der Waals surface area contributed by atoms with E-state index in [-0.39, 0.29) is 46.3 Å². The predicted molar refractivity (Wildman–Crippen MR) is 187 cm³/mol. The summed E-state index contributed by atoms with van der Waals surface area (Å²) in [5.41, 5.74) is 1.67. The highest BCUT2D eigenvalue weighted by Gasteiger charge is 2.36. The third-order valence-electron chi connectivity index (χ3n) is 8.48. The molecular weight excluding hydrogens is 650 g/mol. The molecule has 0 aromatic heterocycles. The first kappa shape index (κ1) is 34.8. The summed E-state index contributed by atoms with van der Waals surface area (Å²) < 4.78 is 40.6. The number of anilines is 1. The average molecular weight is 690 g/mol. The number of carbonyl (C=O) groups is 2. The average Bonchev–Trinajstić information content (AvgIpc) is 3.62. The van der Waals surface area contributed by atoms with E-state index < -0.39 is 28.5 Å². The molecule has 1 aliphatic rings. The summed E-state index contributed by atoms with van der Waals surface area (Å²) >= 11 is 6.38. The molecule has 0 bridgehead atoms. The van der Waals surface area contributed by atoms with Gasteiger partial charge < -0.3 is 19.7 Å². The van der Waals surface area contributed by atoms with Crippen molar-refractivity contribution in [1.29, 1.82) is 0 Å². The number of benzene rings is 4. The zero-order valence-corrected chi connectivity index (χ0v) is 28.6. The molecule has 0 unspecified atom stereocenters. The van der Waals surface area contributed by atoms with Gasteiger partial charge in [-0.1, -0.05) is 85.1 Å². The van der Waals surface area contributed by atoms with Gasteiger partial charge in [-0.05, 0) is 66.4 Å². The fraction of sp³-hybridized carbons (Fsp3) is 0.297. The van der Waals surface area contributed by atoms with E-state index in [2.05, 4.69) is 5.32 Å². The van der Waals surface area contributed by atoms with E-state index >= 15 is 0 Å². The molecule has 0 spiro atoms. The summed E-state index contributed by atoms with van der Waals surface area (Å²) in [5, 5.41) is 3.44. The van der Waals surface area contributed by atoms with Gasteiger partial charge in [0.15, 0.2) is 0 Å². The smallest absolute Gasteiger partial charge is 0.264 e. The highest BCUT2D eigenvalue weighted by molar-refractivity contribution is 7.92. The minimum atomic E-state index is -4.31. The van der Waals surface area contributed by atoms with Crippen LogP contribution < -0.4 is 19.1 Å². The van der Waals surface area contributed by atoms with Crippen molar-refractivity contribution in [3.05, 3.63) is 119 Å². The Morgan fingerprint density at radius 1 is 0.854 bits per heavy atom. The van der Waals surface area contributed by atoms with Crippen LogP contribution in [0.5, 0.6) is 11.5 Å². The SMILES string of the molecule is COc1cccc(CN(C(=O)CN(c2cc(Cl)ccc2OC)S(=O)(=O)c2ccccc2)[C@H](Cc2ccccc2)C(=O)NC2CCCC2)c1. The van der Waals surface area contributed by atoms with Gasteiger partial charge in [0, 0.05) is 24.0 Å². The van der Waals surface area contributed by atoms with Gasteiger partial charge in [-0.2, -0.15) is 0 Å². The Morgan fingerprint density at radius 3 is 2.19 bits per heavy atom. The number of amides is 2. The molecule has 4 aromatic carbocycles. The Bertz CT molecular complexity index is 1800. The van der Waals surface area contributed by atoms with Crippen LogP contribution in [-0.4, -0.2) is 58.0 Å². The van der Waals surface area contributed by atoms with Gasteiger partial charge in [-0.15, -0.1) is 0 Å². The summed E-state index contributed by atoms with van der Waals surface area (Å²) in [6.45, 7) is -0.600. The summed E-state index contributed by atoms with van der Waals surface area (Å²) in [4.78, 5) is 30.4. The molecule has 1 saturated carbocycles. The van der Waals surface area contributed by atoms with Crippen molar-refractivity contribution in [3.63, 3.8) is 0 Å². The normalized spacial score (nSPS) is 13.8. The lowest BCUT2D eigenvalue weighted by Crippen LogP contribution is -2.54. The van der Waals surface area contributed by atoms with Crippen LogP contribution in [0.4, 0.5) is 5.69 Å². The summed E-state index contributed by atoms with van der Waals surface area (Å²) in [6, 6.07) is 28.2. The zero-order chi connectivity index (χ0) is 34.1. The number of rotatable bonds is 14. The van der Waals surface area contributed by atoms with Crippen LogP contribution >= 0.6 is 11.6 Å². The van der Waals surface area contributed by atoms with Gasteiger partial charge in [0.1, 0.15) is 24.1 Å². The molecule has 1 aliphatic carbocycles. The Morgan fingerprint density at radius 2 is 1.52 bits per heavy atom. The van der Waals surface area contributed by atoms with Crippen LogP contribution in [0.1, 0.15) is 36.8 Å². The third-order valence-corrected chi connectivity index (χ3v) is 10.5. The number of nitrogens with one attached hydrogen (secondary N) is 1. The second kappa shape index (κ2) is 16.0. The molecule has 252 valence electrons. The van der Waals surface area contributed by atoms with Crippen LogP contribution in [0.2, 0.25) is 5.02 Å². The van der Waals surface area contributed by atoms with Crippen LogP contribution in [0.3, 0.4) is 0 Å². The predicted octanol–water partition coefficient (Wildman–Crippen LogP) is 6.25. The number of methoxy groups -OCH3 is 2. The number of ether oxygens (including phenoxy) is 2. The topological polar surface area (TPSA) is 105 Å². The van der Waals surface area contributed by atoms with E-state index in [0.29, 0.717) is 11.3 Å². The maximum absolute atomic E-state index is 14.8. The lowest BCUT2D eigenvalue weighted by Gasteiger charge is -2.34. The van der Waals surface area contributed by atoms with Crippen molar-refractivity contribution in [1.82, 2.24) is 10.2 Å². The Hall–Kier alpha value is -4.54. The largest absolute Gasteiger partial charge is 0.497 e. The zero-order valence-electron chi connectivity index (χ0n) is 27.0. The summed E-state index contributed by atoms with van der Waals surface area (Å²) in [6.07, 6.45) is 4.00. The van der Waals surface area contributed by atoms with Crippen molar-refractivity contribution in [2.45, 2.75) is 55.6 Å². The van der Waals surface area contributed by atoms with Gasteiger partial charge in [-0.3, -0.25) is 13.9 Å². The highest BCUT2D eigenvalue weighted by atomic mass is 35.5. The number of hydrogen-bond acceptors (Lipinski definition) is 6. The van der Waals surface area contributed by atoms with E-state index in [1.165, 1.54) is 30.2 Å². The Balaban J connectivity index is 1.61. The Kier molecular flexibility index (Phi) is 11.6. The fourth-order valence-electron chi connectivity index (χ4n) is 5.98. The second-order valence-corrected chi connectivity index (χ2v) is 14.0. The van der Waals surface area contributed by atoms with Gasteiger partial charge in [0.25, 0.3) is 10.0 Å². The van der Waals surface area contributed by atoms with Crippen LogP contribution in [0, 0.1) is 0 Å². The first-order valence-corrected chi connectivity index (χ1v) is 17.7. The molecule has 0 aliphatic heterocycles. The molecule has 4 aromatic rings. The molecule has 2 amide bonds. The van der Waals surface area contributed by atoms with Gasteiger partial charge in [0.05, 0.1) is 24.8 Å². The van der Waals surface area contributed by atoms with Crippen molar-refractivity contribution < 1.29 is 27.5 Å². The molecule has 1 N–H and O–H groups in total. The molecular formula is C37H40ClN3O6S. The standard InChI is InChI=1S/C37H40ClN3O6S/c1-46-31-17-11-14-28(22-31)25-40(34(23-27-12-5-3-6-13-27)37(43)39-30-15-9-10-16-30)36(42)26-41(33-24-29(38)20-21-35(33)47-2)48(44,45)32-18-7-4-8-19-32/h3-8,11-14,17-22,24,30,34H,9-10,15-16,23,25-26H2,1-2H3,(H,39,43)/t34-/m1/s1. The number of hydrogen-bond donors (Lipinski definition) is 1. The second-order valence-electron chi connectivity index (χ2n) is 11.7. The van der Waals surface area contributed by atoms with Crippen LogP contribution in [-0.2, 0) is 32.6 Å². The van der Waals surface area contributed by atoms with E-state index in [9.17, 15) is 18.0 Å². The van der Waals surface area contributed by atoms with Crippen molar-refractivity contribution in [2.24, 2.45) is 0 Å². The molecule has 1 atom stereocenters. The molecule has 11 heteroatoms. The minimum Gasteiger partial charge on any atom is -0.497 e. The maximum Gasteiger partial charge on any atom is 0.264 e. The van der Waals surface area contributed by atoms with Crippen molar-refractivity contribution in [2.75, 3.05) is 25.1 Å². The van der Waals surface area contributed by atoms with E-state index in [1.54, 1.807) is 49.6 Å². The molecule has 0 heterocycles. The lowest BCUT2D eigenvalue weighted by atomic mass is 10.0. The first-order valence-electron chi connectivity index (χ1n) is 15.9. The monoisotopic (exact) mass is 689 g/mol. The highest BCUT2D eigenvalue weighted by Crippen LogP contribution is 2.35. The van der Waals surface area contributed by atoms with Gasteiger partial charge in [-0.25, -0.2) is 8.42 Å². The quantitative estimate of drug-likeness (QED) is 0.168. The summed E-state index contributed by atoms with van der Waals surface area (Å²) in [5.74, 6) is -0.0700. The maximum atomic E-state index is 14.8. The van der Waals surface area contributed by atoms with Crippen LogP contribution in [0.15, 0.2) is 108 Å². The van der Waals surface area contributed by atoms with E-state index in [0.717, 1.165) is 35.6 Å². The fourth-order valence-corrected chi connectivity index (χ4v) is 7.58. The lowest BCUT2D eigenvalue weighted by molar-refractivity contribution is -0.140. The third kappa shape index (κ3) is 8.48. The van der Waals surface area contributed by atoms with Gasteiger partial charge >= 0.3 is 0 Å². The van der Waals surface area contributed by atoms with E-state index in [4.69, 9.17) is 21.1 Å². The number of sulfonamides is 1. The number of carbonyl (C=O) groups excluding carboxylic acids is 2. The Labute approximate surface area is 287 Å². The molecule has 1 fully saturated rings. The molecule has 48 heavy (non-hydrogen) atoms. The molecule has 0 saturated heterocycles. The number of nitrogens with zero attached hydrogens (tertiary/aromatic N) is 2. The first-order chi connectivity index (χ1) is 23.2. The molecule has 0 radical (unpaired) electrons. The van der Waals surface area contributed by atoms with Crippen molar-refractivity contribution >= 4 is 39.1 Å². The van der Waals surface area contributed by atoms with E-state index in [1.807, 2.05) is 42.5 Å².